The zero-order chi connectivity index (χ0) is 16.8. The van der Waals surface area contributed by atoms with Gasteiger partial charge in [-0.25, -0.2) is 0 Å². The van der Waals surface area contributed by atoms with E-state index in [0.29, 0.717) is 17.1 Å². The lowest BCUT2D eigenvalue weighted by atomic mass is 10.0. The van der Waals surface area contributed by atoms with Gasteiger partial charge in [-0.05, 0) is 37.2 Å². The molecule has 0 radical (unpaired) electrons. The second-order valence-electron chi connectivity index (χ2n) is 5.76. The topological polar surface area (TPSA) is 59.6 Å². The van der Waals surface area contributed by atoms with E-state index in [9.17, 15) is 4.79 Å². The van der Waals surface area contributed by atoms with Crippen molar-refractivity contribution in [2.75, 3.05) is 20.2 Å². The molecule has 5 heteroatoms. The molecule has 126 valence electrons. The molecule has 1 fully saturated rings. The number of hydrogen-bond donors (Lipinski definition) is 2. The second-order valence-corrected chi connectivity index (χ2v) is 5.76. The molecule has 2 atom stereocenters. The molecule has 1 aliphatic heterocycles. The van der Waals surface area contributed by atoms with E-state index in [1.165, 1.54) is 0 Å². The summed E-state index contributed by atoms with van der Waals surface area (Å²) in [5.74, 6) is 1.11. The van der Waals surface area contributed by atoms with Crippen LogP contribution in [0.15, 0.2) is 54.6 Å². The number of benzene rings is 2. The van der Waals surface area contributed by atoms with Crippen LogP contribution in [-0.2, 0) is 4.74 Å². The summed E-state index contributed by atoms with van der Waals surface area (Å²) in [5.41, 5.74) is 0.523. The van der Waals surface area contributed by atoms with Crippen molar-refractivity contribution in [1.82, 2.24) is 10.6 Å². The van der Waals surface area contributed by atoms with E-state index in [0.717, 1.165) is 19.5 Å². The average molecular weight is 326 g/mol. The number of hydrogen-bond acceptors (Lipinski definition) is 4. The third kappa shape index (κ3) is 3.93. The number of amides is 1. The van der Waals surface area contributed by atoms with Gasteiger partial charge in [0.25, 0.3) is 5.91 Å². The van der Waals surface area contributed by atoms with Crippen LogP contribution in [0, 0.1) is 0 Å². The van der Waals surface area contributed by atoms with Gasteiger partial charge in [-0.2, -0.15) is 0 Å². The van der Waals surface area contributed by atoms with Crippen molar-refractivity contribution in [2.45, 2.75) is 18.6 Å². The van der Waals surface area contributed by atoms with Crippen LogP contribution in [0.5, 0.6) is 11.5 Å². The van der Waals surface area contributed by atoms with Gasteiger partial charge in [0, 0.05) is 13.7 Å². The predicted molar refractivity (Wildman–Crippen MR) is 92.5 cm³/mol. The molecule has 2 aromatic rings. The summed E-state index contributed by atoms with van der Waals surface area (Å²) in [6.45, 7) is 1.61. The van der Waals surface area contributed by atoms with Gasteiger partial charge < -0.3 is 20.1 Å². The van der Waals surface area contributed by atoms with Crippen molar-refractivity contribution in [2.24, 2.45) is 0 Å². The number of carbonyl (C=O) groups is 1. The Morgan fingerprint density at radius 3 is 2.67 bits per heavy atom. The van der Waals surface area contributed by atoms with Gasteiger partial charge in [0.15, 0.2) is 0 Å². The van der Waals surface area contributed by atoms with E-state index >= 15 is 0 Å². The first-order valence-electron chi connectivity index (χ1n) is 8.14. The normalized spacial score (nSPS) is 20.4. The van der Waals surface area contributed by atoms with E-state index in [4.69, 9.17) is 9.47 Å². The van der Waals surface area contributed by atoms with Gasteiger partial charge in [-0.3, -0.25) is 4.79 Å². The summed E-state index contributed by atoms with van der Waals surface area (Å²) >= 11 is 0. The first kappa shape index (κ1) is 16.5. The van der Waals surface area contributed by atoms with Crippen LogP contribution in [0.4, 0.5) is 0 Å². The summed E-state index contributed by atoms with van der Waals surface area (Å²) in [7, 11) is 1.67. The van der Waals surface area contributed by atoms with Crippen LogP contribution >= 0.6 is 0 Å². The lowest BCUT2D eigenvalue weighted by Crippen LogP contribution is -2.53. The maximum absolute atomic E-state index is 12.7. The highest BCUT2D eigenvalue weighted by molar-refractivity contribution is 5.97. The van der Waals surface area contributed by atoms with Crippen molar-refractivity contribution in [1.29, 1.82) is 0 Å². The number of piperidine rings is 1. The van der Waals surface area contributed by atoms with Crippen molar-refractivity contribution in [3.05, 3.63) is 60.2 Å². The fourth-order valence-corrected chi connectivity index (χ4v) is 2.85. The Morgan fingerprint density at radius 1 is 1.12 bits per heavy atom. The number of nitrogens with one attached hydrogen (secondary N) is 2. The van der Waals surface area contributed by atoms with E-state index in [1.54, 1.807) is 19.2 Å². The van der Waals surface area contributed by atoms with Crippen LogP contribution in [0.1, 0.15) is 16.8 Å². The fourth-order valence-electron chi connectivity index (χ4n) is 2.85. The lowest BCUT2D eigenvalue weighted by Gasteiger charge is -2.31. The van der Waals surface area contributed by atoms with E-state index in [2.05, 4.69) is 10.6 Å². The summed E-state index contributed by atoms with van der Waals surface area (Å²) in [6.07, 6.45) is 0.816. The molecule has 0 bridgehead atoms. The molecule has 1 saturated heterocycles. The molecule has 0 aliphatic carbocycles. The Bertz CT molecular complexity index is 675. The molecule has 5 nitrogen and oxygen atoms in total. The molecular formula is C19H22N2O3. The number of carbonyl (C=O) groups excluding carboxylic acids is 1. The largest absolute Gasteiger partial charge is 0.457 e. The highest BCUT2D eigenvalue weighted by atomic mass is 16.5. The highest BCUT2D eigenvalue weighted by Crippen LogP contribution is 2.25. The van der Waals surface area contributed by atoms with Gasteiger partial charge >= 0.3 is 0 Å². The Morgan fingerprint density at radius 2 is 1.88 bits per heavy atom. The van der Waals surface area contributed by atoms with E-state index in [1.807, 2.05) is 42.5 Å². The average Bonchev–Trinajstić information content (AvgIpc) is 2.63. The van der Waals surface area contributed by atoms with Crippen LogP contribution in [0.3, 0.4) is 0 Å². The maximum atomic E-state index is 12.7. The molecule has 0 unspecified atom stereocenters. The Balaban J connectivity index is 1.75. The predicted octanol–water partition coefficient (Wildman–Crippen LogP) is 2.59. The van der Waals surface area contributed by atoms with Crippen LogP contribution < -0.4 is 15.4 Å². The fraction of sp³-hybridized carbons (Fsp3) is 0.316. The molecule has 0 aromatic heterocycles. The molecule has 3 rings (SSSR count). The summed E-state index contributed by atoms with van der Waals surface area (Å²) in [4.78, 5) is 12.7. The molecule has 0 spiro atoms. The second kappa shape index (κ2) is 7.95. The van der Waals surface area contributed by atoms with Crippen molar-refractivity contribution >= 4 is 5.91 Å². The maximum Gasteiger partial charge on any atom is 0.255 e. The standard InChI is InChI=1S/C19H22N2O3/c1-23-18-13-20-12-11-16(18)21-19(22)15-9-5-6-10-17(15)24-14-7-3-2-4-8-14/h2-10,16,18,20H,11-13H2,1H3,(H,21,22)/t16-,18+/m0/s1. The number of ether oxygens (including phenoxy) is 2. The molecule has 2 N–H and O–H groups in total. The molecular weight excluding hydrogens is 304 g/mol. The SMILES string of the molecule is CO[C@@H]1CNCC[C@@H]1NC(=O)c1ccccc1Oc1ccccc1. The summed E-state index contributed by atoms with van der Waals surface area (Å²) < 4.78 is 11.3. The van der Waals surface area contributed by atoms with Gasteiger partial charge in [-0.15, -0.1) is 0 Å². The Hall–Kier alpha value is -2.37. The summed E-state index contributed by atoms with van der Waals surface area (Å²) in [5, 5.41) is 6.35. The Labute approximate surface area is 142 Å². The zero-order valence-corrected chi connectivity index (χ0v) is 13.7. The van der Waals surface area contributed by atoms with E-state index < -0.39 is 0 Å². The minimum absolute atomic E-state index is 0.00599. The minimum atomic E-state index is -0.143. The van der Waals surface area contributed by atoms with Crippen molar-refractivity contribution in [3.8, 4) is 11.5 Å². The van der Waals surface area contributed by atoms with Gasteiger partial charge in [0.1, 0.15) is 11.5 Å². The first-order valence-corrected chi connectivity index (χ1v) is 8.14. The molecule has 1 aliphatic rings. The zero-order valence-electron chi connectivity index (χ0n) is 13.7. The van der Waals surface area contributed by atoms with Crippen LogP contribution in [0.2, 0.25) is 0 Å². The lowest BCUT2D eigenvalue weighted by molar-refractivity contribution is 0.0476. The Kier molecular flexibility index (Phi) is 5.46. The van der Waals surface area contributed by atoms with Gasteiger partial charge in [0.05, 0.1) is 17.7 Å². The quantitative estimate of drug-likeness (QED) is 0.887. The van der Waals surface area contributed by atoms with Gasteiger partial charge in [0.2, 0.25) is 0 Å². The minimum Gasteiger partial charge on any atom is -0.457 e. The number of methoxy groups -OCH3 is 1. The molecule has 24 heavy (non-hydrogen) atoms. The first-order chi connectivity index (χ1) is 11.8. The van der Waals surface area contributed by atoms with Gasteiger partial charge in [-0.1, -0.05) is 30.3 Å². The highest BCUT2D eigenvalue weighted by Gasteiger charge is 2.27. The molecule has 1 amide bonds. The third-order valence-corrected chi connectivity index (χ3v) is 4.15. The van der Waals surface area contributed by atoms with E-state index in [-0.39, 0.29) is 18.1 Å². The van der Waals surface area contributed by atoms with Crippen LogP contribution in [0.25, 0.3) is 0 Å². The molecule has 1 heterocycles. The number of rotatable bonds is 5. The van der Waals surface area contributed by atoms with Crippen molar-refractivity contribution < 1.29 is 14.3 Å². The van der Waals surface area contributed by atoms with Crippen molar-refractivity contribution in [3.63, 3.8) is 0 Å². The monoisotopic (exact) mass is 326 g/mol. The number of para-hydroxylation sites is 2. The smallest absolute Gasteiger partial charge is 0.255 e. The summed E-state index contributed by atoms with van der Waals surface area (Å²) in [6, 6.07) is 16.7. The molecule has 2 aromatic carbocycles. The molecule has 0 saturated carbocycles. The third-order valence-electron chi connectivity index (χ3n) is 4.15. The van der Waals surface area contributed by atoms with Crippen LogP contribution in [-0.4, -0.2) is 38.3 Å².